The maximum absolute atomic E-state index is 12.6. The average molecular weight is 418 g/mol. The number of ether oxygens (including phenoxy) is 1. The van der Waals surface area contributed by atoms with Crippen molar-refractivity contribution in [2.45, 2.75) is 39.8 Å². The predicted octanol–water partition coefficient (Wildman–Crippen LogP) is 3.37. The van der Waals surface area contributed by atoms with Gasteiger partial charge in [0.2, 0.25) is 0 Å². The number of esters is 1. The van der Waals surface area contributed by atoms with E-state index in [-0.39, 0.29) is 17.0 Å². The molecule has 7 nitrogen and oxygen atoms in total. The Kier molecular flexibility index (Phi) is 7.73. The number of benzene rings is 1. The molecule has 0 aliphatic rings. The SMILES string of the molecule is Cc1ccc(C(=O)N[C@H](C(=O)OC(C)C(=O)Nc2cccnc2Cl)C(C)C)cc1. The van der Waals surface area contributed by atoms with Gasteiger partial charge in [-0.05, 0) is 44.0 Å². The molecule has 2 rings (SSSR count). The first-order valence-corrected chi connectivity index (χ1v) is 9.56. The third kappa shape index (κ3) is 6.29. The molecule has 29 heavy (non-hydrogen) atoms. The molecule has 0 spiro atoms. The molecular weight excluding hydrogens is 394 g/mol. The fourth-order valence-electron chi connectivity index (χ4n) is 2.44. The summed E-state index contributed by atoms with van der Waals surface area (Å²) < 4.78 is 5.27. The number of hydrogen-bond donors (Lipinski definition) is 2. The van der Waals surface area contributed by atoms with Crippen molar-refractivity contribution in [3.8, 4) is 0 Å². The Bertz CT molecular complexity index is 884. The summed E-state index contributed by atoms with van der Waals surface area (Å²) in [5.41, 5.74) is 1.77. The number of pyridine rings is 1. The lowest BCUT2D eigenvalue weighted by Gasteiger charge is -2.23. The first-order valence-electron chi connectivity index (χ1n) is 9.18. The summed E-state index contributed by atoms with van der Waals surface area (Å²) in [5.74, 6) is -1.87. The van der Waals surface area contributed by atoms with Gasteiger partial charge in [-0.3, -0.25) is 9.59 Å². The monoisotopic (exact) mass is 417 g/mol. The van der Waals surface area contributed by atoms with E-state index < -0.39 is 24.0 Å². The lowest BCUT2D eigenvalue weighted by Crippen LogP contribution is -2.47. The van der Waals surface area contributed by atoms with Gasteiger partial charge in [0, 0.05) is 11.8 Å². The fraction of sp³-hybridized carbons (Fsp3) is 0.333. The van der Waals surface area contributed by atoms with Gasteiger partial charge in [-0.2, -0.15) is 0 Å². The standard InChI is InChI=1S/C21H24ClN3O4/c1-12(2)17(25-20(27)15-9-7-13(3)8-10-15)21(28)29-14(4)19(26)24-16-6-5-11-23-18(16)22/h5-12,14,17H,1-4H3,(H,24,26)(H,25,27)/t14?,17-/m0/s1. The van der Waals surface area contributed by atoms with Crippen molar-refractivity contribution in [2.24, 2.45) is 5.92 Å². The molecule has 2 amide bonds. The van der Waals surface area contributed by atoms with Gasteiger partial charge in [-0.25, -0.2) is 9.78 Å². The summed E-state index contributed by atoms with van der Waals surface area (Å²) >= 11 is 5.91. The minimum Gasteiger partial charge on any atom is -0.451 e. The maximum Gasteiger partial charge on any atom is 0.329 e. The Morgan fingerprint density at radius 1 is 1.07 bits per heavy atom. The van der Waals surface area contributed by atoms with Crippen molar-refractivity contribution in [3.63, 3.8) is 0 Å². The van der Waals surface area contributed by atoms with Crippen LogP contribution in [-0.2, 0) is 14.3 Å². The molecule has 0 bridgehead atoms. The summed E-state index contributed by atoms with van der Waals surface area (Å²) in [5, 5.41) is 5.37. The number of amides is 2. The highest BCUT2D eigenvalue weighted by Crippen LogP contribution is 2.18. The van der Waals surface area contributed by atoms with Crippen molar-refractivity contribution in [3.05, 3.63) is 58.9 Å². The van der Waals surface area contributed by atoms with E-state index in [9.17, 15) is 14.4 Å². The number of rotatable bonds is 7. The number of halogens is 1. The van der Waals surface area contributed by atoms with Crippen LogP contribution in [0, 0.1) is 12.8 Å². The van der Waals surface area contributed by atoms with Crippen LogP contribution in [0.5, 0.6) is 0 Å². The smallest absolute Gasteiger partial charge is 0.329 e. The van der Waals surface area contributed by atoms with Crippen LogP contribution in [0.1, 0.15) is 36.7 Å². The summed E-state index contributed by atoms with van der Waals surface area (Å²) in [6, 6.07) is 9.29. The topological polar surface area (TPSA) is 97.4 Å². The van der Waals surface area contributed by atoms with Crippen LogP contribution >= 0.6 is 11.6 Å². The van der Waals surface area contributed by atoms with Crippen LogP contribution < -0.4 is 10.6 Å². The minimum absolute atomic E-state index is 0.129. The van der Waals surface area contributed by atoms with E-state index in [0.717, 1.165) is 5.56 Å². The summed E-state index contributed by atoms with van der Waals surface area (Å²) in [7, 11) is 0. The molecule has 8 heteroatoms. The number of nitrogens with one attached hydrogen (secondary N) is 2. The lowest BCUT2D eigenvalue weighted by atomic mass is 10.0. The molecule has 1 unspecified atom stereocenters. The molecule has 0 aliphatic carbocycles. The third-order valence-electron chi connectivity index (χ3n) is 4.20. The number of anilines is 1. The number of aryl methyl sites for hydroxylation is 1. The minimum atomic E-state index is -1.09. The van der Waals surface area contributed by atoms with Crippen molar-refractivity contribution < 1.29 is 19.1 Å². The number of aromatic nitrogens is 1. The second-order valence-corrected chi connectivity index (χ2v) is 7.33. The zero-order valence-corrected chi connectivity index (χ0v) is 17.5. The van der Waals surface area contributed by atoms with Gasteiger partial charge in [0.25, 0.3) is 11.8 Å². The second kappa shape index (κ2) is 10.0. The molecule has 0 fully saturated rings. The summed E-state index contributed by atoms with van der Waals surface area (Å²) in [4.78, 5) is 41.2. The van der Waals surface area contributed by atoms with Gasteiger partial charge in [0.15, 0.2) is 11.3 Å². The van der Waals surface area contributed by atoms with E-state index in [1.54, 1.807) is 38.1 Å². The van der Waals surface area contributed by atoms with Crippen molar-refractivity contribution in [1.29, 1.82) is 0 Å². The highest BCUT2D eigenvalue weighted by Gasteiger charge is 2.29. The summed E-state index contributed by atoms with van der Waals surface area (Å²) in [6.45, 7) is 6.92. The molecule has 0 radical (unpaired) electrons. The van der Waals surface area contributed by atoms with Crippen molar-refractivity contribution in [2.75, 3.05) is 5.32 Å². The molecule has 2 atom stereocenters. The molecule has 2 N–H and O–H groups in total. The van der Waals surface area contributed by atoms with Crippen LogP contribution in [0.25, 0.3) is 0 Å². The average Bonchev–Trinajstić information content (AvgIpc) is 2.67. The maximum atomic E-state index is 12.6. The van der Waals surface area contributed by atoms with Crippen molar-refractivity contribution >= 4 is 35.1 Å². The van der Waals surface area contributed by atoms with E-state index in [1.165, 1.54) is 13.1 Å². The van der Waals surface area contributed by atoms with E-state index in [0.29, 0.717) is 11.3 Å². The van der Waals surface area contributed by atoms with Gasteiger partial charge in [-0.1, -0.05) is 43.1 Å². The van der Waals surface area contributed by atoms with Crippen LogP contribution in [0.3, 0.4) is 0 Å². The molecule has 154 valence electrons. The quantitative estimate of drug-likeness (QED) is 0.531. The highest BCUT2D eigenvalue weighted by molar-refractivity contribution is 6.32. The van der Waals surface area contributed by atoms with Gasteiger partial charge >= 0.3 is 5.97 Å². The normalized spacial score (nSPS) is 12.8. The first-order chi connectivity index (χ1) is 13.7. The number of nitrogens with zero attached hydrogens (tertiary/aromatic N) is 1. The largest absolute Gasteiger partial charge is 0.451 e. The molecule has 0 aliphatic heterocycles. The fourth-order valence-corrected chi connectivity index (χ4v) is 2.61. The number of hydrogen-bond acceptors (Lipinski definition) is 5. The molecule has 1 aromatic heterocycles. The zero-order valence-electron chi connectivity index (χ0n) is 16.7. The van der Waals surface area contributed by atoms with Crippen molar-refractivity contribution in [1.82, 2.24) is 10.3 Å². The number of carbonyl (C=O) groups is 3. The molecular formula is C21H24ClN3O4. The third-order valence-corrected chi connectivity index (χ3v) is 4.50. The molecule has 1 heterocycles. The van der Waals surface area contributed by atoms with Crippen LogP contribution in [0.15, 0.2) is 42.6 Å². The Morgan fingerprint density at radius 2 is 1.72 bits per heavy atom. The first kappa shape index (κ1) is 22.4. The van der Waals surface area contributed by atoms with E-state index in [4.69, 9.17) is 16.3 Å². The lowest BCUT2D eigenvalue weighted by molar-refractivity contribution is -0.156. The Labute approximate surface area is 174 Å². The van der Waals surface area contributed by atoms with E-state index >= 15 is 0 Å². The van der Waals surface area contributed by atoms with Crippen LogP contribution in [-0.4, -0.2) is 34.9 Å². The van der Waals surface area contributed by atoms with Crippen LogP contribution in [0.4, 0.5) is 5.69 Å². The highest BCUT2D eigenvalue weighted by atomic mass is 35.5. The van der Waals surface area contributed by atoms with Gasteiger partial charge < -0.3 is 15.4 Å². The number of carbonyl (C=O) groups excluding carboxylic acids is 3. The zero-order chi connectivity index (χ0) is 21.6. The predicted molar refractivity (Wildman–Crippen MR) is 111 cm³/mol. The van der Waals surface area contributed by atoms with Crippen LogP contribution in [0.2, 0.25) is 5.15 Å². The van der Waals surface area contributed by atoms with Gasteiger partial charge in [0.05, 0.1) is 5.69 Å². The Morgan fingerprint density at radius 3 is 2.31 bits per heavy atom. The molecule has 1 aromatic carbocycles. The molecule has 0 saturated heterocycles. The van der Waals surface area contributed by atoms with Gasteiger partial charge in [0.1, 0.15) is 6.04 Å². The Hall–Kier alpha value is -2.93. The Balaban J connectivity index is 2.00. The summed E-state index contributed by atoms with van der Waals surface area (Å²) in [6.07, 6.45) is 0.405. The molecule has 0 saturated carbocycles. The molecule has 2 aromatic rings. The van der Waals surface area contributed by atoms with E-state index in [2.05, 4.69) is 15.6 Å². The second-order valence-electron chi connectivity index (χ2n) is 6.97. The van der Waals surface area contributed by atoms with E-state index in [1.807, 2.05) is 19.1 Å². The van der Waals surface area contributed by atoms with Gasteiger partial charge in [-0.15, -0.1) is 0 Å².